The van der Waals surface area contributed by atoms with Crippen molar-refractivity contribution >= 4 is 35.2 Å². The number of anilines is 1. The number of thioether (sulfide) groups is 1. The first-order valence-corrected chi connectivity index (χ1v) is 6.75. The standard InChI is InChI=1S/C12H13FN2O4S/c13-7-2-1-3-8(11(7)12(18)19)15-10(17)4-5-20-6-9(14)16/h1-3H,4-6H2,(H2,14,16)(H,15,17)(H,18,19). The minimum atomic E-state index is -1.46. The maximum absolute atomic E-state index is 13.4. The number of carbonyl (C=O) groups is 3. The molecule has 0 bridgehead atoms. The van der Waals surface area contributed by atoms with Crippen LogP contribution in [0.4, 0.5) is 10.1 Å². The topological polar surface area (TPSA) is 109 Å². The number of carbonyl (C=O) groups excluding carboxylic acids is 2. The summed E-state index contributed by atoms with van der Waals surface area (Å²) >= 11 is 1.19. The highest BCUT2D eigenvalue weighted by atomic mass is 32.2. The summed E-state index contributed by atoms with van der Waals surface area (Å²) in [5, 5.41) is 11.2. The lowest BCUT2D eigenvalue weighted by molar-refractivity contribution is -0.116. The van der Waals surface area contributed by atoms with Crippen molar-refractivity contribution < 1.29 is 23.9 Å². The highest BCUT2D eigenvalue weighted by Crippen LogP contribution is 2.19. The minimum absolute atomic E-state index is 0.0630. The maximum atomic E-state index is 13.4. The number of nitrogens with one attached hydrogen (secondary N) is 1. The summed E-state index contributed by atoms with van der Waals surface area (Å²) in [6.45, 7) is 0. The van der Waals surface area contributed by atoms with Crippen molar-refractivity contribution in [1.82, 2.24) is 0 Å². The van der Waals surface area contributed by atoms with E-state index in [1.807, 2.05) is 0 Å². The number of primary amides is 1. The SMILES string of the molecule is NC(=O)CSCCC(=O)Nc1cccc(F)c1C(=O)O. The molecule has 20 heavy (non-hydrogen) atoms. The molecular formula is C12H13FN2O4S. The Hall–Kier alpha value is -2.09. The fourth-order valence-electron chi connectivity index (χ4n) is 1.40. The summed E-state index contributed by atoms with van der Waals surface area (Å²) in [5.41, 5.74) is 4.26. The van der Waals surface area contributed by atoms with Crippen LogP contribution in [0.2, 0.25) is 0 Å². The largest absolute Gasteiger partial charge is 0.478 e. The van der Waals surface area contributed by atoms with E-state index in [-0.39, 0.29) is 17.9 Å². The lowest BCUT2D eigenvalue weighted by Crippen LogP contribution is -2.17. The van der Waals surface area contributed by atoms with E-state index in [2.05, 4.69) is 5.32 Å². The Morgan fingerprint density at radius 1 is 1.35 bits per heavy atom. The molecule has 8 heteroatoms. The maximum Gasteiger partial charge on any atom is 0.340 e. The molecule has 0 saturated heterocycles. The summed E-state index contributed by atoms with van der Waals surface area (Å²) in [4.78, 5) is 33.0. The third-order valence-electron chi connectivity index (χ3n) is 2.22. The summed E-state index contributed by atoms with van der Waals surface area (Å²) < 4.78 is 13.4. The number of carboxylic acid groups (broad SMARTS) is 1. The number of hydrogen-bond acceptors (Lipinski definition) is 4. The number of nitrogens with two attached hydrogens (primary N) is 1. The Morgan fingerprint density at radius 3 is 2.65 bits per heavy atom. The molecular weight excluding hydrogens is 287 g/mol. The summed E-state index contributed by atoms with van der Waals surface area (Å²) in [6.07, 6.45) is 0.0630. The van der Waals surface area contributed by atoms with Crippen molar-refractivity contribution in [2.75, 3.05) is 16.8 Å². The van der Waals surface area contributed by atoms with E-state index in [0.29, 0.717) is 5.75 Å². The van der Waals surface area contributed by atoms with Gasteiger partial charge in [-0.15, -0.1) is 0 Å². The van der Waals surface area contributed by atoms with Crippen molar-refractivity contribution in [3.8, 4) is 0 Å². The first-order valence-electron chi connectivity index (χ1n) is 5.59. The number of benzene rings is 1. The van der Waals surface area contributed by atoms with Gasteiger partial charge in [-0.05, 0) is 12.1 Å². The van der Waals surface area contributed by atoms with Crippen molar-refractivity contribution in [2.24, 2.45) is 5.73 Å². The first-order chi connectivity index (χ1) is 9.41. The number of carboxylic acids is 1. The second-order valence-electron chi connectivity index (χ2n) is 3.78. The van der Waals surface area contributed by atoms with E-state index in [1.165, 1.54) is 23.9 Å². The van der Waals surface area contributed by atoms with E-state index >= 15 is 0 Å². The predicted molar refractivity (Wildman–Crippen MR) is 73.1 cm³/mol. The molecule has 0 aliphatic heterocycles. The lowest BCUT2D eigenvalue weighted by atomic mass is 10.1. The number of halogens is 1. The molecule has 0 heterocycles. The third-order valence-corrected chi connectivity index (χ3v) is 3.20. The Morgan fingerprint density at radius 2 is 2.05 bits per heavy atom. The molecule has 0 aromatic heterocycles. The number of rotatable bonds is 7. The molecule has 0 atom stereocenters. The molecule has 1 aromatic carbocycles. The molecule has 2 amide bonds. The fraction of sp³-hybridized carbons (Fsp3) is 0.250. The predicted octanol–water partition coefficient (Wildman–Crippen LogP) is 1.07. The van der Waals surface area contributed by atoms with Gasteiger partial charge in [0.2, 0.25) is 11.8 Å². The fourth-order valence-corrected chi connectivity index (χ4v) is 2.07. The molecule has 6 nitrogen and oxygen atoms in total. The quantitative estimate of drug-likeness (QED) is 0.653. The normalized spacial score (nSPS) is 10.1. The molecule has 0 radical (unpaired) electrons. The zero-order chi connectivity index (χ0) is 15.1. The smallest absolute Gasteiger partial charge is 0.340 e. The van der Waals surface area contributed by atoms with Crippen molar-refractivity contribution in [3.05, 3.63) is 29.6 Å². The van der Waals surface area contributed by atoms with Gasteiger partial charge in [0, 0.05) is 12.2 Å². The molecule has 0 spiro atoms. The number of aromatic carboxylic acids is 1. The zero-order valence-corrected chi connectivity index (χ0v) is 11.2. The van der Waals surface area contributed by atoms with Crippen LogP contribution in [0.5, 0.6) is 0 Å². The summed E-state index contributed by atoms with van der Waals surface area (Å²) in [5.74, 6) is -2.86. The Labute approximate surface area is 118 Å². The number of hydrogen-bond donors (Lipinski definition) is 3. The van der Waals surface area contributed by atoms with Gasteiger partial charge in [-0.1, -0.05) is 6.07 Å². The third kappa shape index (κ3) is 4.88. The summed E-state index contributed by atoms with van der Waals surface area (Å²) in [6, 6.07) is 3.61. The van der Waals surface area contributed by atoms with Crippen LogP contribution in [0.1, 0.15) is 16.8 Å². The van der Waals surface area contributed by atoms with E-state index in [4.69, 9.17) is 10.8 Å². The monoisotopic (exact) mass is 300 g/mol. The lowest BCUT2D eigenvalue weighted by Gasteiger charge is -2.08. The van der Waals surface area contributed by atoms with Crippen LogP contribution < -0.4 is 11.1 Å². The van der Waals surface area contributed by atoms with Gasteiger partial charge in [-0.25, -0.2) is 9.18 Å². The number of amides is 2. The van der Waals surface area contributed by atoms with Crippen LogP contribution in [0.15, 0.2) is 18.2 Å². The van der Waals surface area contributed by atoms with Crippen LogP contribution >= 0.6 is 11.8 Å². The van der Waals surface area contributed by atoms with E-state index in [9.17, 15) is 18.8 Å². The van der Waals surface area contributed by atoms with Crippen LogP contribution in [0, 0.1) is 5.82 Å². The van der Waals surface area contributed by atoms with Crippen molar-refractivity contribution in [3.63, 3.8) is 0 Å². The molecule has 0 aliphatic rings. The van der Waals surface area contributed by atoms with Crippen molar-refractivity contribution in [1.29, 1.82) is 0 Å². The molecule has 0 aliphatic carbocycles. The van der Waals surface area contributed by atoms with Crippen LogP contribution in [-0.4, -0.2) is 34.4 Å². The van der Waals surface area contributed by atoms with E-state index in [0.717, 1.165) is 6.07 Å². The highest BCUT2D eigenvalue weighted by Gasteiger charge is 2.17. The van der Waals surface area contributed by atoms with Gasteiger partial charge < -0.3 is 16.2 Å². The van der Waals surface area contributed by atoms with Gasteiger partial charge in [0.1, 0.15) is 11.4 Å². The second kappa shape index (κ2) is 7.49. The van der Waals surface area contributed by atoms with Gasteiger partial charge in [0.05, 0.1) is 11.4 Å². The summed E-state index contributed by atoms with van der Waals surface area (Å²) in [7, 11) is 0. The zero-order valence-electron chi connectivity index (χ0n) is 10.4. The van der Waals surface area contributed by atoms with Gasteiger partial charge >= 0.3 is 5.97 Å². The van der Waals surface area contributed by atoms with E-state index < -0.39 is 29.2 Å². The van der Waals surface area contributed by atoms with Gasteiger partial charge in [-0.3, -0.25) is 9.59 Å². The average molecular weight is 300 g/mol. The van der Waals surface area contributed by atoms with Crippen molar-refractivity contribution in [2.45, 2.75) is 6.42 Å². The van der Waals surface area contributed by atoms with Crippen LogP contribution in [0.25, 0.3) is 0 Å². The molecule has 1 rings (SSSR count). The Balaban J connectivity index is 2.60. The van der Waals surface area contributed by atoms with Gasteiger partial charge in [0.25, 0.3) is 0 Å². The molecule has 0 saturated carbocycles. The molecule has 0 fully saturated rings. The second-order valence-corrected chi connectivity index (χ2v) is 4.89. The average Bonchev–Trinajstić information content (AvgIpc) is 2.34. The Bertz CT molecular complexity index is 536. The minimum Gasteiger partial charge on any atom is -0.478 e. The van der Waals surface area contributed by atoms with Gasteiger partial charge in [0.15, 0.2) is 0 Å². The Kier molecular flexibility index (Phi) is 5.98. The first kappa shape index (κ1) is 16.0. The molecule has 0 unspecified atom stereocenters. The molecule has 108 valence electrons. The van der Waals surface area contributed by atoms with Crippen LogP contribution in [0.3, 0.4) is 0 Å². The highest BCUT2D eigenvalue weighted by molar-refractivity contribution is 7.99. The molecule has 4 N–H and O–H groups in total. The molecule has 1 aromatic rings. The van der Waals surface area contributed by atoms with E-state index in [1.54, 1.807) is 0 Å². The van der Waals surface area contributed by atoms with Crippen LogP contribution in [-0.2, 0) is 9.59 Å². The van der Waals surface area contributed by atoms with Gasteiger partial charge in [-0.2, -0.15) is 11.8 Å².